The van der Waals surface area contributed by atoms with Crippen LogP contribution in [0.5, 0.6) is 5.75 Å². The van der Waals surface area contributed by atoms with Crippen LogP contribution >= 0.6 is 0 Å². The lowest BCUT2D eigenvalue weighted by Gasteiger charge is -2.27. The van der Waals surface area contributed by atoms with E-state index in [-0.39, 0.29) is 44.0 Å². The van der Waals surface area contributed by atoms with E-state index in [0.29, 0.717) is 18.8 Å². The van der Waals surface area contributed by atoms with Gasteiger partial charge in [-0.25, -0.2) is 9.78 Å². The average molecular weight is 744 g/mol. The van der Waals surface area contributed by atoms with Crippen LogP contribution in [0.1, 0.15) is 69.1 Å². The molecule has 0 bridgehead atoms. The topological polar surface area (TPSA) is 124 Å². The molecule has 0 saturated carbocycles. The van der Waals surface area contributed by atoms with Gasteiger partial charge in [-0.3, -0.25) is 19.3 Å². The molecule has 55 heavy (non-hydrogen) atoms. The Morgan fingerprint density at radius 3 is 2.33 bits per heavy atom. The van der Waals surface area contributed by atoms with Gasteiger partial charge in [-0.05, 0) is 97.0 Å². The molecule has 0 saturated heterocycles. The molecule has 1 aromatic heterocycles. The zero-order valence-corrected chi connectivity index (χ0v) is 32.2. The predicted molar refractivity (Wildman–Crippen MR) is 214 cm³/mol. The van der Waals surface area contributed by atoms with Gasteiger partial charge in [0.25, 0.3) is 0 Å². The van der Waals surface area contributed by atoms with Crippen LogP contribution in [0.25, 0.3) is 21.9 Å². The minimum atomic E-state index is -0.704. The van der Waals surface area contributed by atoms with Gasteiger partial charge in [-0.2, -0.15) is 0 Å². The smallest absolute Gasteiger partial charge is 0.416 e. The fraction of sp³-hybridized carbons (Fsp3) is 0.311. The SMILES string of the molecule is COC(=O)C[C@H](CC(=O)CNC(=O)CCCN(C(=O)OC(C)(C)C)c1cc(C)ccn1)c1ccc(-c2cccc3ccc(OCc4ccccc4)cc23)cc1. The van der Waals surface area contributed by atoms with Crippen LogP contribution in [0.15, 0.2) is 109 Å². The molecule has 4 aromatic carbocycles. The molecule has 0 aliphatic heterocycles. The minimum Gasteiger partial charge on any atom is -0.489 e. The molecule has 0 aliphatic carbocycles. The minimum absolute atomic E-state index is 0.0133. The maximum absolute atomic E-state index is 13.2. The van der Waals surface area contributed by atoms with Crippen molar-refractivity contribution in [3.8, 4) is 16.9 Å². The molecule has 1 N–H and O–H groups in total. The summed E-state index contributed by atoms with van der Waals surface area (Å²) in [6, 6.07) is 33.7. The Morgan fingerprint density at radius 2 is 1.62 bits per heavy atom. The number of carbonyl (C=O) groups is 4. The number of pyridine rings is 1. The highest BCUT2D eigenvalue weighted by molar-refractivity contribution is 5.97. The van der Waals surface area contributed by atoms with Crippen molar-refractivity contribution in [1.82, 2.24) is 10.3 Å². The van der Waals surface area contributed by atoms with Gasteiger partial charge in [-0.15, -0.1) is 0 Å². The monoisotopic (exact) mass is 743 g/mol. The van der Waals surface area contributed by atoms with Crippen LogP contribution in [0.2, 0.25) is 0 Å². The van der Waals surface area contributed by atoms with Crippen molar-refractivity contribution in [1.29, 1.82) is 0 Å². The third-order valence-electron chi connectivity index (χ3n) is 8.97. The zero-order chi connectivity index (χ0) is 39.4. The number of rotatable bonds is 16. The van der Waals surface area contributed by atoms with Crippen molar-refractivity contribution in [2.45, 2.75) is 71.5 Å². The van der Waals surface area contributed by atoms with Crippen molar-refractivity contribution >= 4 is 40.3 Å². The number of amides is 2. The molecule has 0 unspecified atom stereocenters. The number of aromatic nitrogens is 1. The molecule has 1 heterocycles. The van der Waals surface area contributed by atoms with Crippen LogP contribution < -0.4 is 15.0 Å². The Hall–Kier alpha value is -6.03. The first-order valence-electron chi connectivity index (χ1n) is 18.5. The number of nitrogens with one attached hydrogen (secondary N) is 1. The van der Waals surface area contributed by atoms with Crippen molar-refractivity contribution < 1.29 is 33.4 Å². The highest BCUT2D eigenvalue weighted by atomic mass is 16.6. The van der Waals surface area contributed by atoms with Gasteiger partial charge >= 0.3 is 12.1 Å². The van der Waals surface area contributed by atoms with Gasteiger partial charge in [0.05, 0.1) is 20.1 Å². The molecule has 10 nitrogen and oxygen atoms in total. The number of methoxy groups -OCH3 is 1. The lowest BCUT2D eigenvalue weighted by molar-refractivity contribution is -0.141. The summed E-state index contributed by atoms with van der Waals surface area (Å²) in [5.41, 5.74) is 4.14. The number of ether oxygens (including phenoxy) is 3. The van der Waals surface area contributed by atoms with Gasteiger partial charge in [0, 0.05) is 31.5 Å². The summed E-state index contributed by atoms with van der Waals surface area (Å²) in [5, 5.41) is 4.82. The third-order valence-corrected chi connectivity index (χ3v) is 8.97. The number of anilines is 1. The van der Waals surface area contributed by atoms with Crippen molar-refractivity contribution in [2.75, 3.05) is 25.1 Å². The van der Waals surface area contributed by atoms with Crippen molar-refractivity contribution in [3.63, 3.8) is 0 Å². The van der Waals surface area contributed by atoms with Crippen molar-refractivity contribution in [2.24, 2.45) is 0 Å². The van der Waals surface area contributed by atoms with Gasteiger partial charge < -0.3 is 19.5 Å². The van der Waals surface area contributed by atoms with E-state index in [1.165, 1.54) is 12.0 Å². The Labute approximate surface area is 322 Å². The largest absolute Gasteiger partial charge is 0.489 e. The van der Waals surface area contributed by atoms with Gasteiger partial charge in [0.2, 0.25) is 5.91 Å². The lowest BCUT2D eigenvalue weighted by Crippen LogP contribution is -2.38. The summed E-state index contributed by atoms with van der Waals surface area (Å²) < 4.78 is 16.6. The standard InChI is InChI=1S/C45H49N3O7/c1-31-22-23-46-41(25-31)48(44(52)55-45(2,3)4)24-10-15-42(50)47-29-37(49)26-36(27-43(51)53-5)33-16-18-35(19-17-33)39-14-9-13-34-20-21-38(28-40(34)39)54-30-32-11-7-6-8-12-32/h6-9,11-14,16-23,25,28,36H,10,15,24,26-27,29-30H2,1-5H3,(H,47,50)/t36-/m0/s1. The number of ketones is 1. The number of aryl methyl sites for hydroxylation is 1. The second-order valence-electron chi connectivity index (χ2n) is 14.5. The van der Waals surface area contributed by atoms with E-state index in [0.717, 1.165) is 44.3 Å². The molecular weight excluding hydrogens is 695 g/mol. The van der Waals surface area contributed by atoms with E-state index in [4.69, 9.17) is 14.2 Å². The number of esters is 1. The van der Waals surface area contributed by atoms with E-state index in [2.05, 4.69) is 22.4 Å². The molecule has 5 rings (SSSR count). The number of hydrogen-bond acceptors (Lipinski definition) is 8. The molecule has 0 fully saturated rings. The van der Waals surface area contributed by atoms with Gasteiger partial charge in [-0.1, -0.05) is 78.9 Å². The van der Waals surface area contributed by atoms with Crippen LogP contribution in [-0.4, -0.2) is 54.5 Å². The maximum Gasteiger partial charge on any atom is 0.416 e. The second-order valence-corrected chi connectivity index (χ2v) is 14.5. The van der Waals surface area contributed by atoms with Crippen LogP contribution in [0.4, 0.5) is 10.6 Å². The van der Waals surface area contributed by atoms with Gasteiger partial charge in [0.15, 0.2) is 5.78 Å². The summed E-state index contributed by atoms with van der Waals surface area (Å²) >= 11 is 0. The first kappa shape index (κ1) is 40.2. The third kappa shape index (κ3) is 12.0. The Kier molecular flexibility index (Phi) is 13.7. The summed E-state index contributed by atoms with van der Waals surface area (Å²) in [6.45, 7) is 7.74. The molecule has 5 aromatic rings. The average Bonchev–Trinajstić information content (AvgIpc) is 3.17. The Balaban J connectivity index is 1.20. The number of hydrogen-bond donors (Lipinski definition) is 1. The highest BCUT2D eigenvalue weighted by Gasteiger charge is 2.25. The summed E-state index contributed by atoms with van der Waals surface area (Å²) in [4.78, 5) is 57.1. The fourth-order valence-corrected chi connectivity index (χ4v) is 6.18. The summed E-state index contributed by atoms with van der Waals surface area (Å²) in [5.74, 6) is -0.215. The molecule has 0 aliphatic rings. The quantitative estimate of drug-likeness (QED) is 0.0996. The number of Topliss-reactive ketones (excluding diaryl/α,β-unsaturated/α-hetero) is 1. The molecule has 10 heteroatoms. The first-order chi connectivity index (χ1) is 26.4. The van der Waals surface area contributed by atoms with E-state index in [1.807, 2.05) is 91.9 Å². The Bertz CT molecular complexity index is 2090. The number of fused-ring (bicyclic) bond motifs is 1. The van der Waals surface area contributed by atoms with Crippen LogP contribution in [-0.2, 0) is 30.5 Å². The summed E-state index contributed by atoms with van der Waals surface area (Å²) in [6.07, 6.45) is 1.52. The Morgan fingerprint density at radius 1 is 0.855 bits per heavy atom. The van der Waals surface area contributed by atoms with Gasteiger partial charge in [0.1, 0.15) is 23.8 Å². The van der Waals surface area contributed by atoms with E-state index >= 15 is 0 Å². The normalized spacial score (nSPS) is 11.7. The zero-order valence-electron chi connectivity index (χ0n) is 32.2. The fourth-order valence-electron chi connectivity index (χ4n) is 6.18. The molecule has 0 spiro atoms. The predicted octanol–water partition coefficient (Wildman–Crippen LogP) is 8.73. The maximum atomic E-state index is 13.2. The second kappa shape index (κ2) is 18.8. The molecule has 286 valence electrons. The van der Waals surface area contributed by atoms with E-state index < -0.39 is 23.6 Å². The highest BCUT2D eigenvalue weighted by Crippen LogP contribution is 2.33. The number of carbonyl (C=O) groups excluding carboxylic acids is 4. The molecule has 0 radical (unpaired) electrons. The molecule has 2 amide bonds. The lowest BCUT2D eigenvalue weighted by atomic mass is 9.89. The summed E-state index contributed by atoms with van der Waals surface area (Å²) in [7, 11) is 1.32. The first-order valence-corrected chi connectivity index (χ1v) is 18.5. The van der Waals surface area contributed by atoms with Crippen LogP contribution in [0.3, 0.4) is 0 Å². The number of nitrogens with zero attached hydrogens (tertiary/aromatic N) is 2. The van der Waals surface area contributed by atoms with Crippen LogP contribution in [0, 0.1) is 6.92 Å². The number of benzene rings is 4. The molecular formula is C45H49N3O7. The van der Waals surface area contributed by atoms with E-state index in [1.54, 1.807) is 33.0 Å². The van der Waals surface area contributed by atoms with E-state index in [9.17, 15) is 19.2 Å². The molecule has 1 atom stereocenters. The van der Waals surface area contributed by atoms with Crippen molar-refractivity contribution in [3.05, 3.63) is 126 Å².